The monoisotopic (exact) mass is 554 g/mol. The summed E-state index contributed by atoms with van der Waals surface area (Å²) in [6, 6.07) is 18.0. The average molecular weight is 555 g/mol. The summed E-state index contributed by atoms with van der Waals surface area (Å²) in [6.45, 7) is 7.83. The molecule has 2 aliphatic rings. The number of nitrogens with one attached hydrogen (secondary N) is 1. The number of hydrogen-bond acceptors (Lipinski definition) is 3. The molecule has 0 aromatic heterocycles. The van der Waals surface area contributed by atoms with Gasteiger partial charge < -0.3 is 15.3 Å². The number of allylic oxidation sites excluding steroid dienone is 2. The van der Waals surface area contributed by atoms with Crippen molar-refractivity contribution in [3.63, 3.8) is 0 Å². The van der Waals surface area contributed by atoms with Crippen molar-refractivity contribution in [2.75, 3.05) is 11.9 Å². The maximum atomic E-state index is 15.0. The van der Waals surface area contributed by atoms with Crippen molar-refractivity contribution in [3.05, 3.63) is 106 Å². The first-order valence-electron chi connectivity index (χ1n) is 14.5. The number of hydrogen-bond donors (Lipinski definition) is 2. The largest absolute Gasteiger partial charge is 0.390 e. The van der Waals surface area contributed by atoms with Gasteiger partial charge in [-0.15, -0.1) is 0 Å². The van der Waals surface area contributed by atoms with Gasteiger partial charge in [0.15, 0.2) is 0 Å². The number of carbonyl (C=O) groups is 2. The summed E-state index contributed by atoms with van der Waals surface area (Å²) in [7, 11) is 0. The van der Waals surface area contributed by atoms with E-state index in [1.807, 2.05) is 36.4 Å². The van der Waals surface area contributed by atoms with Crippen LogP contribution in [0.1, 0.15) is 84.3 Å². The van der Waals surface area contributed by atoms with Crippen LogP contribution in [-0.4, -0.2) is 34.0 Å². The molecule has 1 aliphatic heterocycles. The Labute approximate surface area is 242 Å². The molecule has 3 aromatic rings. The number of fused-ring (bicyclic) bond motifs is 1. The van der Waals surface area contributed by atoms with E-state index < -0.39 is 29.3 Å². The zero-order valence-corrected chi connectivity index (χ0v) is 24.3. The lowest BCUT2D eigenvalue weighted by atomic mass is 9.82. The van der Waals surface area contributed by atoms with E-state index in [2.05, 4.69) is 24.4 Å². The van der Waals surface area contributed by atoms with E-state index in [9.17, 15) is 19.1 Å². The number of anilines is 1. The topological polar surface area (TPSA) is 69.6 Å². The maximum absolute atomic E-state index is 15.0. The summed E-state index contributed by atoms with van der Waals surface area (Å²) < 4.78 is 15.0. The second-order valence-corrected chi connectivity index (χ2v) is 12.1. The van der Waals surface area contributed by atoms with Gasteiger partial charge in [-0.05, 0) is 111 Å². The highest BCUT2D eigenvalue weighted by Crippen LogP contribution is 2.39. The van der Waals surface area contributed by atoms with Crippen molar-refractivity contribution >= 4 is 23.1 Å². The van der Waals surface area contributed by atoms with Gasteiger partial charge in [-0.3, -0.25) is 9.59 Å². The van der Waals surface area contributed by atoms with E-state index >= 15 is 0 Å². The summed E-state index contributed by atoms with van der Waals surface area (Å²) in [5.74, 6) is -1.60. The molecule has 1 heterocycles. The number of halogens is 1. The van der Waals surface area contributed by atoms with Crippen LogP contribution in [0.25, 0.3) is 5.57 Å². The molecule has 41 heavy (non-hydrogen) atoms. The van der Waals surface area contributed by atoms with Gasteiger partial charge in [-0.1, -0.05) is 48.5 Å². The second kappa shape index (κ2) is 11.6. The standard InChI is InChI=1S/C35H39FN2O3/c1-22-10-13-25-16-17-27(21-29(22)25)37-33(39)28-8-6-20-38(34(40)31-23(2)7-5-9-30(31)36)32(28)26-14-11-24(12-15-26)18-19-35(3,4)41/h5,7,9-12,14-17,21,28,32,41H,6,8,13,18-20H2,1-4H3,(H,37,39)/t28-,32-/m0/s1. The number of amides is 2. The summed E-state index contributed by atoms with van der Waals surface area (Å²) >= 11 is 0. The predicted octanol–water partition coefficient (Wildman–Crippen LogP) is 7.03. The highest BCUT2D eigenvalue weighted by atomic mass is 19.1. The number of benzene rings is 3. The molecular formula is C35H39FN2O3. The molecule has 5 nitrogen and oxygen atoms in total. The Balaban J connectivity index is 1.47. The fraction of sp³-hybridized carbons (Fsp3) is 0.371. The first kappa shape index (κ1) is 28.7. The Kier molecular flexibility index (Phi) is 8.14. The highest BCUT2D eigenvalue weighted by molar-refractivity contribution is 5.98. The Morgan fingerprint density at radius 3 is 2.54 bits per heavy atom. The Morgan fingerprint density at radius 2 is 1.83 bits per heavy atom. The van der Waals surface area contributed by atoms with Gasteiger partial charge >= 0.3 is 0 Å². The van der Waals surface area contributed by atoms with Gasteiger partial charge in [0.2, 0.25) is 5.91 Å². The van der Waals surface area contributed by atoms with E-state index in [-0.39, 0.29) is 11.5 Å². The van der Waals surface area contributed by atoms with Crippen molar-refractivity contribution in [3.8, 4) is 0 Å². The smallest absolute Gasteiger partial charge is 0.257 e. The zero-order valence-electron chi connectivity index (χ0n) is 24.3. The lowest BCUT2D eigenvalue weighted by Gasteiger charge is -2.41. The number of nitrogens with zero attached hydrogens (tertiary/aromatic N) is 1. The molecule has 2 amide bonds. The molecular weight excluding hydrogens is 515 g/mol. The van der Waals surface area contributed by atoms with Gasteiger partial charge in [0.25, 0.3) is 5.91 Å². The van der Waals surface area contributed by atoms with Gasteiger partial charge in [0.05, 0.1) is 23.1 Å². The van der Waals surface area contributed by atoms with Crippen LogP contribution in [0.2, 0.25) is 0 Å². The van der Waals surface area contributed by atoms with Crippen molar-refractivity contribution < 1.29 is 19.1 Å². The van der Waals surface area contributed by atoms with Crippen LogP contribution in [0.3, 0.4) is 0 Å². The van der Waals surface area contributed by atoms with Crippen LogP contribution in [0, 0.1) is 18.7 Å². The molecule has 0 bridgehead atoms. The molecule has 5 rings (SSSR count). The fourth-order valence-electron chi connectivity index (χ4n) is 6.10. The first-order valence-corrected chi connectivity index (χ1v) is 14.5. The lowest BCUT2D eigenvalue weighted by molar-refractivity contribution is -0.123. The molecule has 0 saturated carbocycles. The van der Waals surface area contributed by atoms with Crippen molar-refractivity contribution in [1.82, 2.24) is 4.90 Å². The normalized spacial score (nSPS) is 18.6. The molecule has 0 radical (unpaired) electrons. The molecule has 2 atom stereocenters. The SMILES string of the molecule is CC1=CCc2ccc(NC(=O)[C@H]3CCCN(C(=O)c4c(C)cccc4F)[C@H]3c3ccc(CCC(C)(C)O)cc3)cc21. The van der Waals surface area contributed by atoms with Gasteiger partial charge in [-0.2, -0.15) is 0 Å². The predicted molar refractivity (Wildman–Crippen MR) is 161 cm³/mol. The second-order valence-electron chi connectivity index (χ2n) is 12.1. The van der Waals surface area contributed by atoms with Crippen LogP contribution in [0.5, 0.6) is 0 Å². The first-order chi connectivity index (χ1) is 19.5. The van der Waals surface area contributed by atoms with Crippen LogP contribution >= 0.6 is 0 Å². The van der Waals surface area contributed by atoms with Crippen LogP contribution in [0.15, 0.2) is 66.7 Å². The Bertz CT molecular complexity index is 1470. The molecule has 2 N–H and O–H groups in total. The summed E-state index contributed by atoms with van der Waals surface area (Å²) in [5.41, 5.74) is 6.10. The molecule has 0 spiro atoms. The minimum atomic E-state index is -0.766. The molecule has 0 unspecified atom stereocenters. The van der Waals surface area contributed by atoms with E-state index in [0.717, 1.165) is 28.8 Å². The van der Waals surface area contributed by atoms with Crippen molar-refractivity contribution in [1.29, 1.82) is 0 Å². The molecule has 214 valence electrons. The van der Waals surface area contributed by atoms with Crippen molar-refractivity contribution in [2.24, 2.45) is 5.92 Å². The Hall–Kier alpha value is -3.77. The number of piperidine rings is 1. The molecule has 1 saturated heterocycles. The molecule has 3 aromatic carbocycles. The third kappa shape index (κ3) is 6.28. The van der Waals surface area contributed by atoms with E-state index in [4.69, 9.17) is 0 Å². The highest BCUT2D eigenvalue weighted by Gasteiger charge is 2.40. The minimum absolute atomic E-state index is 0.0567. The van der Waals surface area contributed by atoms with E-state index in [1.165, 1.54) is 17.2 Å². The summed E-state index contributed by atoms with van der Waals surface area (Å²) in [6.07, 6.45) is 5.67. The number of likely N-dealkylation sites (tertiary alicyclic amines) is 1. The third-order valence-corrected chi connectivity index (χ3v) is 8.44. The summed E-state index contributed by atoms with van der Waals surface area (Å²) in [5, 5.41) is 13.3. The molecule has 1 aliphatic carbocycles. The van der Waals surface area contributed by atoms with Gasteiger partial charge in [0, 0.05) is 12.2 Å². The fourth-order valence-corrected chi connectivity index (χ4v) is 6.10. The lowest BCUT2D eigenvalue weighted by Crippen LogP contribution is -2.46. The number of aliphatic hydroxyl groups is 1. The molecule has 1 fully saturated rings. The average Bonchev–Trinajstić information content (AvgIpc) is 3.31. The van der Waals surface area contributed by atoms with Gasteiger partial charge in [-0.25, -0.2) is 4.39 Å². The van der Waals surface area contributed by atoms with Crippen LogP contribution in [-0.2, 0) is 17.6 Å². The zero-order chi connectivity index (χ0) is 29.3. The number of aryl methyl sites for hydroxylation is 2. The Morgan fingerprint density at radius 1 is 1.07 bits per heavy atom. The minimum Gasteiger partial charge on any atom is -0.390 e. The third-order valence-electron chi connectivity index (χ3n) is 8.44. The summed E-state index contributed by atoms with van der Waals surface area (Å²) in [4.78, 5) is 29.5. The van der Waals surface area contributed by atoms with Crippen molar-refractivity contribution in [2.45, 2.75) is 71.4 Å². The van der Waals surface area contributed by atoms with Crippen LogP contribution in [0.4, 0.5) is 10.1 Å². The van der Waals surface area contributed by atoms with Crippen LogP contribution < -0.4 is 5.32 Å². The van der Waals surface area contributed by atoms with E-state index in [0.29, 0.717) is 37.8 Å². The number of rotatable bonds is 7. The quantitative estimate of drug-likeness (QED) is 0.330. The van der Waals surface area contributed by atoms with E-state index in [1.54, 1.807) is 37.8 Å². The maximum Gasteiger partial charge on any atom is 0.257 e. The molecule has 6 heteroatoms. The number of carbonyl (C=O) groups excluding carboxylic acids is 2. The van der Waals surface area contributed by atoms with Gasteiger partial charge in [0.1, 0.15) is 5.82 Å².